The van der Waals surface area contributed by atoms with Crippen LogP contribution in [0, 0.1) is 5.92 Å². The third-order valence-corrected chi connectivity index (χ3v) is 2.95. The van der Waals surface area contributed by atoms with Gasteiger partial charge in [0.25, 0.3) is 0 Å². The van der Waals surface area contributed by atoms with Crippen molar-refractivity contribution in [2.45, 2.75) is 52.9 Å². The van der Waals surface area contributed by atoms with E-state index in [-0.39, 0.29) is 5.92 Å². The van der Waals surface area contributed by atoms with Gasteiger partial charge in [-0.1, -0.05) is 33.6 Å². The van der Waals surface area contributed by atoms with Gasteiger partial charge >= 0.3 is 0 Å². The molecule has 3 nitrogen and oxygen atoms in total. The number of hydrogen-bond donors (Lipinski definition) is 1. The zero-order valence-electron chi connectivity index (χ0n) is 11.2. The van der Waals surface area contributed by atoms with Crippen LogP contribution in [0.2, 0.25) is 0 Å². The molecule has 3 heteroatoms. The molecule has 0 saturated heterocycles. The number of amides is 1. The lowest BCUT2D eigenvalue weighted by Crippen LogP contribution is -2.39. The molecule has 0 aromatic carbocycles. The fourth-order valence-corrected chi connectivity index (χ4v) is 1.97. The minimum absolute atomic E-state index is 0.207. The maximum Gasteiger partial charge on any atom is 0.225 e. The van der Waals surface area contributed by atoms with Crippen LogP contribution in [0.15, 0.2) is 0 Å². The molecule has 0 rings (SSSR count). The molecule has 0 radical (unpaired) electrons. The summed E-state index contributed by atoms with van der Waals surface area (Å²) < 4.78 is 0. The van der Waals surface area contributed by atoms with Crippen molar-refractivity contribution < 1.29 is 4.79 Å². The van der Waals surface area contributed by atoms with Crippen molar-refractivity contribution in [1.29, 1.82) is 0 Å². The van der Waals surface area contributed by atoms with Crippen LogP contribution in [0.4, 0.5) is 0 Å². The summed E-state index contributed by atoms with van der Waals surface area (Å²) in [5.41, 5.74) is 5.55. The monoisotopic (exact) mass is 228 g/mol. The second-order valence-corrected chi connectivity index (χ2v) is 4.36. The Balaban J connectivity index is 4.29. The van der Waals surface area contributed by atoms with Crippen LogP contribution in [-0.4, -0.2) is 30.4 Å². The summed E-state index contributed by atoms with van der Waals surface area (Å²) in [5.74, 6) is 0.515. The second-order valence-electron chi connectivity index (χ2n) is 4.36. The van der Waals surface area contributed by atoms with E-state index < -0.39 is 0 Å². The van der Waals surface area contributed by atoms with Crippen molar-refractivity contribution >= 4 is 5.91 Å². The van der Waals surface area contributed by atoms with E-state index in [9.17, 15) is 4.79 Å². The van der Waals surface area contributed by atoms with Gasteiger partial charge in [-0.25, -0.2) is 0 Å². The number of carbonyl (C=O) groups is 1. The number of carbonyl (C=O) groups excluding carboxylic acids is 1. The first-order valence-corrected chi connectivity index (χ1v) is 6.69. The number of hydrogen-bond acceptors (Lipinski definition) is 2. The Bertz CT molecular complexity index is 177. The summed E-state index contributed by atoms with van der Waals surface area (Å²) in [5, 5.41) is 0. The predicted molar refractivity (Wildman–Crippen MR) is 69.2 cm³/mol. The largest absolute Gasteiger partial charge is 0.341 e. The normalized spacial score (nSPS) is 12.5. The maximum absolute atomic E-state index is 12.2. The van der Waals surface area contributed by atoms with E-state index >= 15 is 0 Å². The zero-order chi connectivity index (χ0) is 12.4. The van der Waals surface area contributed by atoms with Gasteiger partial charge in [-0.3, -0.25) is 4.79 Å². The molecule has 0 fully saturated rings. The van der Waals surface area contributed by atoms with Gasteiger partial charge in [-0.05, 0) is 19.3 Å². The lowest BCUT2D eigenvalue weighted by molar-refractivity contribution is -0.135. The summed E-state index contributed by atoms with van der Waals surface area (Å²) >= 11 is 0. The third-order valence-electron chi connectivity index (χ3n) is 2.95. The molecule has 0 aliphatic rings. The minimum atomic E-state index is 0.207. The first-order chi connectivity index (χ1) is 7.71. The molecule has 1 atom stereocenters. The summed E-state index contributed by atoms with van der Waals surface area (Å²) in [7, 11) is 0. The molecular formula is C13H28N2O. The first kappa shape index (κ1) is 15.4. The van der Waals surface area contributed by atoms with Gasteiger partial charge in [-0.2, -0.15) is 0 Å². The molecule has 0 saturated carbocycles. The molecule has 0 aromatic heterocycles. The summed E-state index contributed by atoms with van der Waals surface area (Å²) in [6.45, 7) is 8.49. The average molecular weight is 228 g/mol. The second kappa shape index (κ2) is 9.64. The van der Waals surface area contributed by atoms with Crippen LogP contribution in [0.3, 0.4) is 0 Å². The summed E-state index contributed by atoms with van der Waals surface area (Å²) in [4.78, 5) is 14.2. The van der Waals surface area contributed by atoms with Crippen LogP contribution in [0.25, 0.3) is 0 Å². The van der Waals surface area contributed by atoms with Crippen molar-refractivity contribution in [3.8, 4) is 0 Å². The van der Waals surface area contributed by atoms with Crippen molar-refractivity contribution in [2.75, 3.05) is 19.6 Å². The summed E-state index contributed by atoms with van der Waals surface area (Å²) in [6, 6.07) is 0. The lowest BCUT2D eigenvalue weighted by Gasteiger charge is -2.26. The van der Waals surface area contributed by atoms with Gasteiger partial charge < -0.3 is 10.6 Å². The number of nitrogens with two attached hydrogens (primary N) is 1. The molecule has 16 heavy (non-hydrogen) atoms. The Morgan fingerprint density at radius 2 is 1.88 bits per heavy atom. The fourth-order valence-electron chi connectivity index (χ4n) is 1.97. The number of rotatable bonds is 9. The summed E-state index contributed by atoms with van der Waals surface area (Å²) in [6.07, 6.45) is 5.29. The number of nitrogens with zero attached hydrogens (tertiary/aromatic N) is 1. The van der Waals surface area contributed by atoms with Gasteiger partial charge in [0.1, 0.15) is 0 Å². The number of unbranched alkanes of at least 4 members (excludes halogenated alkanes) is 1. The third kappa shape index (κ3) is 5.50. The Morgan fingerprint density at radius 3 is 2.31 bits per heavy atom. The van der Waals surface area contributed by atoms with Crippen LogP contribution in [-0.2, 0) is 4.79 Å². The van der Waals surface area contributed by atoms with Crippen LogP contribution < -0.4 is 5.73 Å². The minimum Gasteiger partial charge on any atom is -0.341 e. The quantitative estimate of drug-likeness (QED) is 0.658. The van der Waals surface area contributed by atoms with Gasteiger partial charge in [0.15, 0.2) is 0 Å². The molecular weight excluding hydrogens is 200 g/mol. The van der Waals surface area contributed by atoms with Crippen LogP contribution in [0.1, 0.15) is 52.9 Å². The molecule has 0 aromatic rings. The van der Waals surface area contributed by atoms with Gasteiger partial charge in [-0.15, -0.1) is 0 Å². The molecule has 0 aliphatic carbocycles. The highest BCUT2D eigenvalue weighted by Crippen LogP contribution is 2.16. The molecule has 0 bridgehead atoms. The lowest BCUT2D eigenvalue weighted by atomic mass is 9.97. The standard InChI is InChI=1S/C13H28N2O/c1-4-7-8-12(6-3)13(16)15(10-5-2)11-9-14/h12H,4-11,14H2,1-3H3. The highest BCUT2D eigenvalue weighted by molar-refractivity contribution is 5.78. The Hall–Kier alpha value is -0.570. The zero-order valence-corrected chi connectivity index (χ0v) is 11.2. The van der Waals surface area contributed by atoms with Crippen molar-refractivity contribution in [2.24, 2.45) is 11.7 Å². The molecule has 1 amide bonds. The van der Waals surface area contributed by atoms with Gasteiger partial charge in [0.05, 0.1) is 0 Å². The van der Waals surface area contributed by atoms with Crippen molar-refractivity contribution in [3.63, 3.8) is 0 Å². The fraction of sp³-hybridized carbons (Fsp3) is 0.923. The molecule has 0 aliphatic heterocycles. The van der Waals surface area contributed by atoms with Gasteiger partial charge in [0, 0.05) is 25.6 Å². The van der Waals surface area contributed by atoms with E-state index in [1.165, 1.54) is 0 Å². The highest BCUT2D eigenvalue weighted by Gasteiger charge is 2.21. The highest BCUT2D eigenvalue weighted by atomic mass is 16.2. The smallest absolute Gasteiger partial charge is 0.225 e. The Kier molecular flexibility index (Phi) is 9.30. The molecule has 96 valence electrons. The Labute approximate surface area is 100 Å². The van der Waals surface area contributed by atoms with E-state index in [2.05, 4.69) is 20.8 Å². The molecule has 0 spiro atoms. The Morgan fingerprint density at radius 1 is 1.19 bits per heavy atom. The molecule has 2 N–H and O–H groups in total. The van der Waals surface area contributed by atoms with Crippen LogP contribution in [0.5, 0.6) is 0 Å². The average Bonchev–Trinajstić information content (AvgIpc) is 2.29. The van der Waals surface area contributed by atoms with E-state index in [1.54, 1.807) is 0 Å². The predicted octanol–water partition coefficient (Wildman–Crippen LogP) is 2.40. The first-order valence-electron chi connectivity index (χ1n) is 6.69. The molecule has 0 heterocycles. The molecule has 1 unspecified atom stereocenters. The van der Waals surface area contributed by atoms with Gasteiger partial charge in [0.2, 0.25) is 5.91 Å². The maximum atomic E-state index is 12.2. The van der Waals surface area contributed by atoms with Crippen LogP contribution >= 0.6 is 0 Å². The van der Waals surface area contributed by atoms with Crippen molar-refractivity contribution in [1.82, 2.24) is 4.90 Å². The SMILES string of the molecule is CCCCC(CC)C(=O)N(CCC)CCN. The van der Waals surface area contributed by atoms with E-state index in [0.717, 1.165) is 38.6 Å². The van der Waals surface area contributed by atoms with E-state index in [0.29, 0.717) is 19.0 Å². The van der Waals surface area contributed by atoms with E-state index in [4.69, 9.17) is 5.73 Å². The van der Waals surface area contributed by atoms with Crippen molar-refractivity contribution in [3.05, 3.63) is 0 Å². The topological polar surface area (TPSA) is 46.3 Å². The van der Waals surface area contributed by atoms with E-state index in [1.807, 2.05) is 4.90 Å².